The smallest absolute Gasteiger partial charge is 0.450 e. The topological polar surface area (TPSA) is 144 Å². The molecule has 2 aromatic rings. The molecule has 0 aliphatic carbocycles. The van der Waals surface area contributed by atoms with Crippen LogP contribution in [0.3, 0.4) is 0 Å². The predicted octanol–water partition coefficient (Wildman–Crippen LogP) is 1.15. The summed E-state index contributed by atoms with van der Waals surface area (Å²) >= 11 is 0. The van der Waals surface area contributed by atoms with Crippen molar-refractivity contribution in [3.63, 3.8) is 0 Å². The van der Waals surface area contributed by atoms with E-state index in [1.54, 1.807) is 0 Å². The van der Waals surface area contributed by atoms with Crippen molar-refractivity contribution >= 4 is 23.0 Å². The second-order valence-corrected chi connectivity index (χ2v) is 5.05. The van der Waals surface area contributed by atoms with E-state index >= 15 is 0 Å². The van der Waals surface area contributed by atoms with E-state index in [1.807, 2.05) is 16.8 Å². The summed E-state index contributed by atoms with van der Waals surface area (Å²) in [5, 5.41) is 24.0. The number of nitrogens with zero attached hydrogens (tertiary/aromatic N) is 3. The van der Waals surface area contributed by atoms with Crippen LogP contribution in [0.4, 0.5) is 10.6 Å². The summed E-state index contributed by atoms with van der Waals surface area (Å²) in [6.07, 6.45) is 2.19. The first-order valence-electron chi connectivity index (χ1n) is 6.69. The Morgan fingerprint density at radius 2 is 2.18 bits per heavy atom. The summed E-state index contributed by atoms with van der Waals surface area (Å²) in [5.41, 5.74) is 6.59. The maximum absolute atomic E-state index is 9.18. The first-order valence-corrected chi connectivity index (χ1v) is 6.69. The fraction of sp³-hybridized carbons (Fsp3) is 0.462. The average Bonchev–Trinajstić information content (AvgIpc) is 3.02. The molecular weight excluding hydrogens is 292 g/mol. The molecule has 3 heterocycles. The molecule has 9 nitrogen and oxygen atoms in total. The number of rotatable bonds is 2. The van der Waals surface area contributed by atoms with Crippen molar-refractivity contribution in [3.05, 3.63) is 18.6 Å². The van der Waals surface area contributed by atoms with Gasteiger partial charge in [0.25, 0.3) is 0 Å². The molecule has 0 aromatic carbocycles. The highest BCUT2D eigenvalue weighted by Crippen LogP contribution is 2.36. The van der Waals surface area contributed by atoms with E-state index in [2.05, 4.69) is 16.9 Å². The Bertz CT molecular complexity index is 655. The molecule has 5 N–H and O–H groups in total. The van der Waals surface area contributed by atoms with Gasteiger partial charge in [-0.1, -0.05) is 6.92 Å². The number of carbonyl (C=O) groups is 1. The minimum atomic E-state index is -1.83. The Morgan fingerprint density at radius 3 is 2.77 bits per heavy atom. The highest BCUT2D eigenvalue weighted by molar-refractivity contribution is 5.86. The Labute approximate surface area is 126 Å². The quantitative estimate of drug-likeness (QED) is 0.646. The van der Waals surface area contributed by atoms with Crippen molar-refractivity contribution in [1.82, 2.24) is 14.5 Å². The molecule has 0 bridgehead atoms. The molecule has 3 rings (SSSR count). The molecular formula is C13H18N4O5. The van der Waals surface area contributed by atoms with Gasteiger partial charge in [-0.3, -0.25) is 0 Å². The summed E-state index contributed by atoms with van der Waals surface area (Å²) in [6, 6.07) is 1.90. The molecule has 1 aliphatic heterocycles. The fourth-order valence-electron chi connectivity index (χ4n) is 2.57. The van der Waals surface area contributed by atoms with Gasteiger partial charge in [0.05, 0.1) is 18.1 Å². The molecule has 9 heteroatoms. The Hall–Kier alpha value is -2.39. The Kier molecular flexibility index (Phi) is 4.78. The number of ether oxygens (including phenoxy) is 1. The van der Waals surface area contributed by atoms with Gasteiger partial charge in [-0.25, -0.2) is 14.8 Å². The Morgan fingerprint density at radius 1 is 1.50 bits per heavy atom. The number of anilines is 1. The molecule has 22 heavy (non-hydrogen) atoms. The normalized spacial score (nSPS) is 24.0. The first-order chi connectivity index (χ1) is 10.4. The SMILES string of the molecule is CC1CC(CO)OC1n1ccc2c(N)ncnc21.O=C(O)O. The highest BCUT2D eigenvalue weighted by atomic mass is 16.6. The predicted molar refractivity (Wildman–Crippen MR) is 77.4 cm³/mol. The minimum absolute atomic E-state index is 0.0527. The zero-order valence-electron chi connectivity index (χ0n) is 12.0. The molecule has 3 unspecified atom stereocenters. The molecule has 3 atom stereocenters. The molecule has 120 valence electrons. The summed E-state index contributed by atoms with van der Waals surface area (Å²) in [4.78, 5) is 16.8. The van der Waals surface area contributed by atoms with Gasteiger partial charge < -0.3 is 30.4 Å². The lowest BCUT2D eigenvalue weighted by Gasteiger charge is -2.18. The minimum Gasteiger partial charge on any atom is -0.450 e. The van der Waals surface area contributed by atoms with E-state index in [9.17, 15) is 5.11 Å². The number of nitrogen functional groups attached to an aromatic ring is 1. The molecule has 1 aliphatic rings. The third kappa shape index (κ3) is 3.26. The molecule has 0 amide bonds. The van der Waals surface area contributed by atoms with Crippen LogP contribution in [0.1, 0.15) is 19.6 Å². The van der Waals surface area contributed by atoms with Crippen LogP contribution in [-0.4, -0.2) is 48.7 Å². The molecule has 1 fully saturated rings. The van der Waals surface area contributed by atoms with E-state index in [1.165, 1.54) is 6.33 Å². The van der Waals surface area contributed by atoms with Crippen LogP contribution in [0.2, 0.25) is 0 Å². The van der Waals surface area contributed by atoms with Crippen LogP contribution >= 0.6 is 0 Å². The zero-order chi connectivity index (χ0) is 16.3. The van der Waals surface area contributed by atoms with E-state index in [0.717, 1.165) is 17.5 Å². The van der Waals surface area contributed by atoms with Crippen molar-refractivity contribution in [1.29, 1.82) is 0 Å². The number of carboxylic acid groups (broad SMARTS) is 2. The summed E-state index contributed by atoms with van der Waals surface area (Å²) < 4.78 is 7.79. The van der Waals surface area contributed by atoms with Crippen LogP contribution in [0.25, 0.3) is 11.0 Å². The number of aromatic nitrogens is 3. The zero-order valence-corrected chi connectivity index (χ0v) is 12.0. The van der Waals surface area contributed by atoms with Crippen LogP contribution in [-0.2, 0) is 4.74 Å². The second kappa shape index (κ2) is 6.58. The van der Waals surface area contributed by atoms with E-state index in [4.69, 9.17) is 25.5 Å². The van der Waals surface area contributed by atoms with Crippen molar-refractivity contribution in [2.75, 3.05) is 12.3 Å². The van der Waals surface area contributed by atoms with Crippen LogP contribution < -0.4 is 5.73 Å². The van der Waals surface area contributed by atoms with Crippen LogP contribution in [0.15, 0.2) is 18.6 Å². The largest absolute Gasteiger partial charge is 0.503 e. The standard InChI is InChI=1S/C12H16N4O2.CH2O3/c1-7-4-8(5-17)18-12(7)16-3-2-9-10(13)14-6-15-11(9)16;2-1(3)4/h2-3,6-8,12,17H,4-5H2,1H3,(H2,13,14,15);(H2,2,3,4). The lowest BCUT2D eigenvalue weighted by atomic mass is 10.1. The number of aliphatic hydroxyl groups is 1. The van der Waals surface area contributed by atoms with Gasteiger partial charge in [0.15, 0.2) is 0 Å². The van der Waals surface area contributed by atoms with Gasteiger partial charge in [0.2, 0.25) is 0 Å². The highest BCUT2D eigenvalue weighted by Gasteiger charge is 2.33. The molecule has 1 saturated heterocycles. The van der Waals surface area contributed by atoms with Crippen LogP contribution in [0, 0.1) is 5.92 Å². The first kappa shape index (κ1) is 16.0. The van der Waals surface area contributed by atoms with Gasteiger partial charge in [0.1, 0.15) is 24.0 Å². The second-order valence-electron chi connectivity index (χ2n) is 5.05. The van der Waals surface area contributed by atoms with Gasteiger partial charge >= 0.3 is 6.16 Å². The third-order valence-corrected chi connectivity index (χ3v) is 3.47. The summed E-state index contributed by atoms with van der Waals surface area (Å²) in [7, 11) is 0. The van der Waals surface area contributed by atoms with E-state index in [0.29, 0.717) is 11.7 Å². The molecule has 0 radical (unpaired) electrons. The number of nitrogens with two attached hydrogens (primary N) is 1. The van der Waals surface area contributed by atoms with Crippen LogP contribution in [0.5, 0.6) is 0 Å². The fourth-order valence-corrected chi connectivity index (χ4v) is 2.57. The number of hydrogen-bond donors (Lipinski definition) is 4. The molecule has 0 spiro atoms. The van der Waals surface area contributed by atoms with E-state index < -0.39 is 6.16 Å². The van der Waals surface area contributed by atoms with Crippen molar-refractivity contribution in [2.45, 2.75) is 25.7 Å². The van der Waals surface area contributed by atoms with Gasteiger partial charge in [-0.15, -0.1) is 0 Å². The average molecular weight is 310 g/mol. The number of aliphatic hydroxyl groups excluding tert-OH is 1. The van der Waals surface area contributed by atoms with Crippen molar-refractivity contribution in [3.8, 4) is 0 Å². The summed E-state index contributed by atoms with van der Waals surface area (Å²) in [5.74, 6) is 0.803. The number of fused-ring (bicyclic) bond motifs is 1. The van der Waals surface area contributed by atoms with Gasteiger partial charge in [-0.2, -0.15) is 0 Å². The number of hydrogen-bond acceptors (Lipinski definition) is 6. The molecule has 0 saturated carbocycles. The Balaban J connectivity index is 0.000000396. The van der Waals surface area contributed by atoms with Gasteiger partial charge in [-0.05, 0) is 12.5 Å². The summed E-state index contributed by atoms with van der Waals surface area (Å²) in [6.45, 7) is 2.16. The van der Waals surface area contributed by atoms with E-state index in [-0.39, 0.29) is 18.9 Å². The monoisotopic (exact) mass is 310 g/mol. The maximum atomic E-state index is 9.18. The lowest BCUT2D eigenvalue weighted by molar-refractivity contribution is -0.0291. The van der Waals surface area contributed by atoms with Gasteiger partial charge in [0, 0.05) is 12.1 Å². The van der Waals surface area contributed by atoms with Crippen molar-refractivity contribution < 1.29 is 24.9 Å². The molecule has 2 aromatic heterocycles. The van der Waals surface area contributed by atoms with Crippen molar-refractivity contribution in [2.24, 2.45) is 5.92 Å². The third-order valence-electron chi connectivity index (χ3n) is 3.47. The lowest BCUT2D eigenvalue weighted by Crippen LogP contribution is -2.15. The maximum Gasteiger partial charge on any atom is 0.503 e.